The van der Waals surface area contributed by atoms with E-state index < -0.39 is 24.2 Å². The quantitative estimate of drug-likeness (QED) is 0.656. The van der Waals surface area contributed by atoms with Crippen LogP contribution in [0.4, 0.5) is 13.2 Å². The minimum absolute atomic E-state index is 0.0322. The van der Waals surface area contributed by atoms with Gasteiger partial charge < -0.3 is 9.84 Å². The van der Waals surface area contributed by atoms with Gasteiger partial charge in [-0.25, -0.2) is 0 Å². The molecule has 158 valence electrons. The van der Waals surface area contributed by atoms with Gasteiger partial charge in [-0.1, -0.05) is 37.3 Å². The molecule has 0 saturated heterocycles. The summed E-state index contributed by atoms with van der Waals surface area (Å²) in [6.07, 6.45) is -6.40. The first-order valence-corrected chi connectivity index (χ1v) is 10.6. The fraction of sp³-hybridized carbons (Fsp3) is 0.455. The maximum atomic E-state index is 12.8. The molecule has 0 amide bonds. The maximum Gasteiger partial charge on any atom is 0.391 e. The summed E-state index contributed by atoms with van der Waals surface area (Å²) in [5, 5.41) is 13.8. The molecule has 2 N–H and O–H groups in total. The smallest absolute Gasteiger partial charge is 0.391 e. The molecule has 3 rings (SSSR count). The van der Waals surface area contributed by atoms with E-state index in [1.165, 1.54) is 0 Å². The maximum absolute atomic E-state index is 12.8. The number of ether oxygens (including phenoxy) is 1. The molecule has 0 radical (unpaired) electrons. The minimum atomic E-state index is -4.39. The lowest BCUT2D eigenvalue weighted by Crippen LogP contribution is -2.50. The summed E-state index contributed by atoms with van der Waals surface area (Å²) in [7, 11) is 1.61. The van der Waals surface area contributed by atoms with E-state index >= 15 is 0 Å². The number of alkyl halides is 3. The molecule has 2 aromatic rings. The Morgan fingerprint density at radius 3 is 2.59 bits per heavy atom. The highest BCUT2D eigenvalue weighted by molar-refractivity contribution is 7.99. The van der Waals surface area contributed by atoms with Crippen molar-refractivity contribution in [2.24, 2.45) is 0 Å². The van der Waals surface area contributed by atoms with E-state index in [2.05, 4.69) is 5.32 Å². The van der Waals surface area contributed by atoms with Gasteiger partial charge in [-0.3, -0.25) is 5.32 Å². The first kappa shape index (κ1) is 22.0. The highest BCUT2D eigenvalue weighted by Crippen LogP contribution is 2.42. The second-order valence-corrected chi connectivity index (χ2v) is 8.51. The average Bonchev–Trinajstić information content (AvgIpc) is 2.84. The van der Waals surface area contributed by atoms with Crippen LogP contribution in [0.15, 0.2) is 53.4 Å². The molecule has 0 fully saturated rings. The highest BCUT2D eigenvalue weighted by atomic mass is 32.2. The Kier molecular flexibility index (Phi) is 6.81. The summed E-state index contributed by atoms with van der Waals surface area (Å²) in [6, 6.07) is 15.5. The highest BCUT2D eigenvalue weighted by Gasteiger charge is 2.40. The molecule has 3 nitrogen and oxygen atoms in total. The Hall–Kier alpha value is -1.70. The summed E-state index contributed by atoms with van der Waals surface area (Å²) >= 11 is 1.61. The van der Waals surface area contributed by atoms with Crippen LogP contribution in [0.25, 0.3) is 0 Å². The SMILES string of the molecule is CC[C@]1(C[C@H](O)CC(F)(F)F)CSc2ccc(OC)cc2[C@H](c2ccccc2)N1. The molecule has 2 aromatic carbocycles. The van der Waals surface area contributed by atoms with E-state index in [4.69, 9.17) is 4.74 Å². The van der Waals surface area contributed by atoms with E-state index in [0.717, 1.165) is 21.8 Å². The molecule has 0 spiro atoms. The van der Waals surface area contributed by atoms with Crippen LogP contribution < -0.4 is 10.1 Å². The van der Waals surface area contributed by atoms with Crippen molar-refractivity contribution in [2.45, 2.75) is 54.9 Å². The zero-order valence-electron chi connectivity index (χ0n) is 16.5. The number of halogens is 3. The number of methoxy groups -OCH3 is 1. The third kappa shape index (κ3) is 5.47. The molecule has 0 unspecified atom stereocenters. The van der Waals surface area contributed by atoms with Crippen LogP contribution in [0.1, 0.15) is 43.4 Å². The van der Waals surface area contributed by atoms with Crippen molar-refractivity contribution in [3.8, 4) is 5.75 Å². The zero-order valence-corrected chi connectivity index (χ0v) is 17.3. The lowest BCUT2D eigenvalue weighted by atomic mass is 9.87. The molecule has 0 aromatic heterocycles. The van der Waals surface area contributed by atoms with E-state index in [0.29, 0.717) is 12.2 Å². The molecule has 1 aliphatic rings. The first-order valence-electron chi connectivity index (χ1n) is 9.63. The molecule has 29 heavy (non-hydrogen) atoms. The van der Waals surface area contributed by atoms with Gasteiger partial charge in [0.1, 0.15) is 5.75 Å². The second kappa shape index (κ2) is 8.98. The van der Waals surface area contributed by atoms with Gasteiger partial charge in [0.05, 0.1) is 25.7 Å². The number of benzene rings is 2. The molecule has 0 saturated carbocycles. The Labute approximate surface area is 173 Å². The monoisotopic (exact) mass is 425 g/mol. The molecular weight excluding hydrogens is 399 g/mol. The fourth-order valence-corrected chi connectivity index (χ4v) is 5.16. The van der Waals surface area contributed by atoms with Crippen molar-refractivity contribution in [3.63, 3.8) is 0 Å². The molecule has 0 aliphatic carbocycles. The van der Waals surface area contributed by atoms with Gasteiger partial charge in [-0.05, 0) is 42.2 Å². The molecule has 0 bridgehead atoms. The van der Waals surface area contributed by atoms with Gasteiger partial charge in [-0.2, -0.15) is 13.2 Å². The Bertz CT molecular complexity index is 815. The van der Waals surface area contributed by atoms with Crippen molar-refractivity contribution >= 4 is 11.8 Å². The van der Waals surface area contributed by atoms with Gasteiger partial charge in [0.25, 0.3) is 0 Å². The van der Waals surface area contributed by atoms with Crippen LogP contribution in [0.5, 0.6) is 5.75 Å². The number of hydrogen-bond acceptors (Lipinski definition) is 4. The number of fused-ring (bicyclic) bond motifs is 1. The second-order valence-electron chi connectivity index (χ2n) is 7.49. The predicted molar refractivity (Wildman–Crippen MR) is 109 cm³/mol. The Morgan fingerprint density at radius 2 is 1.97 bits per heavy atom. The van der Waals surface area contributed by atoms with Crippen molar-refractivity contribution in [3.05, 3.63) is 59.7 Å². The lowest BCUT2D eigenvalue weighted by Gasteiger charge is -2.37. The van der Waals surface area contributed by atoms with Crippen molar-refractivity contribution in [2.75, 3.05) is 12.9 Å². The standard InChI is InChI=1S/C22H26F3NO2S/c1-3-21(12-16(27)13-22(23,24)25)14-29-19-10-9-17(28-2)11-18(19)20(26-21)15-7-5-4-6-8-15/h4-11,16,20,26-27H,3,12-14H2,1-2H3/t16-,20-,21-/m0/s1. The zero-order chi connectivity index (χ0) is 21.1. The third-order valence-corrected chi connectivity index (χ3v) is 6.77. The normalized spacial score (nSPS) is 23.2. The summed E-state index contributed by atoms with van der Waals surface area (Å²) in [5.41, 5.74) is 1.41. The Balaban J connectivity index is 1.98. The third-order valence-electron chi connectivity index (χ3n) is 5.39. The van der Waals surface area contributed by atoms with E-state index in [9.17, 15) is 18.3 Å². The van der Waals surface area contributed by atoms with E-state index in [1.807, 2.05) is 55.5 Å². The van der Waals surface area contributed by atoms with Gasteiger partial charge >= 0.3 is 6.18 Å². The first-order chi connectivity index (χ1) is 13.8. The molecule has 7 heteroatoms. The Morgan fingerprint density at radius 1 is 1.24 bits per heavy atom. The van der Waals surface area contributed by atoms with Crippen LogP contribution in [-0.4, -0.2) is 35.8 Å². The fourth-order valence-electron chi connectivity index (χ4n) is 3.82. The molecule has 1 aliphatic heterocycles. The topological polar surface area (TPSA) is 41.5 Å². The number of rotatable bonds is 6. The molecular formula is C22H26F3NO2S. The van der Waals surface area contributed by atoms with Gasteiger partial charge in [0, 0.05) is 16.2 Å². The molecule has 1 heterocycles. The van der Waals surface area contributed by atoms with Crippen LogP contribution in [0, 0.1) is 0 Å². The summed E-state index contributed by atoms with van der Waals surface area (Å²) < 4.78 is 43.8. The average molecular weight is 426 g/mol. The number of nitrogens with one attached hydrogen (secondary N) is 1. The predicted octanol–water partition coefficient (Wildman–Crippen LogP) is 5.33. The van der Waals surface area contributed by atoms with Crippen molar-refractivity contribution in [1.29, 1.82) is 0 Å². The number of aliphatic hydroxyl groups is 1. The van der Waals surface area contributed by atoms with Crippen LogP contribution in [0.2, 0.25) is 0 Å². The number of aliphatic hydroxyl groups excluding tert-OH is 1. The summed E-state index contributed by atoms with van der Waals surface area (Å²) in [6.45, 7) is 1.95. The lowest BCUT2D eigenvalue weighted by molar-refractivity contribution is -0.155. The van der Waals surface area contributed by atoms with Gasteiger partial charge in [-0.15, -0.1) is 11.8 Å². The van der Waals surface area contributed by atoms with Crippen molar-refractivity contribution in [1.82, 2.24) is 5.32 Å². The van der Waals surface area contributed by atoms with Gasteiger partial charge in [0.2, 0.25) is 0 Å². The number of thioether (sulfide) groups is 1. The largest absolute Gasteiger partial charge is 0.497 e. The number of hydrogen-bond donors (Lipinski definition) is 2. The summed E-state index contributed by atoms with van der Waals surface area (Å²) in [5.74, 6) is 1.30. The van der Waals surface area contributed by atoms with Crippen LogP contribution in [0.3, 0.4) is 0 Å². The van der Waals surface area contributed by atoms with Crippen LogP contribution in [-0.2, 0) is 0 Å². The van der Waals surface area contributed by atoms with Crippen molar-refractivity contribution < 1.29 is 23.0 Å². The van der Waals surface area contributed by atoms with E-state index in [1.54, 1.807) is 18.9 Å². The van der Waals surface area contributed by atoms with Crippen LogP contribution >= 0.6 is 11.8 Å². The minimum Gasteiger partial charge on any atom is -0.497 e. The summed E-state index contributed by atoms with van der Waals surface area (Å²) in [4.78, 5) is 1.06. The van der Waals surface area contributed by atoms with E-state index in [-0.39, 0.29) is 12.5 Å². The van der Waals surface area contributed by atoms with Gasteiger partial charge in [0.15, 0.2) is 0 Å². The molecule has 3 atom stereocenters.